The first-order valence-electron chi connectivity index (χ1n) is 11.3. The predicted octanol–water partition coefficient (Wildman–Crippen LogP) is 6.14. The van der Waals surface area contributed by atoms with Gasteiger partial charge in [0.25, 0.3) is 0 Å². The summed E-state index contributed by atoms with van der Waals surface area (Å²) in [6, 6.07) is 0. The zero-order chi connectivity index (χ0) is 25.7. The minimum atomic E-state index is -0.00468. The Morgan fingerprint density at radius 2 is 1.88 bits per heavy atom. The highest BCUT2D eigenvalue weighted by atomic mass is 16.5. The summed E-state index contributed by atoms with van der Waals surface area (Å²) < 4.78 is 15.6. The number of aliphatic hydroxyl groups is 1. The molecule has 1 aromatic rings. The lowest BCUT2D eigenvalue weighted by atomic mass is 10.2. The summed E-state index contributed by atoms with van der Waals surface area (Å²) in [5.41, 5.74) is 0.784. The topological polar surface area (TPSA) is 81.8 Å². The Morgan fingerprint density at radius 1 is 1.18 bits per heavy atom. The molecule has 6 nitrogen and oxygen atoms in total. The van der Waals surface area contributed by atoms with Crippen LogP contribution < -0.4 is 0 Å². The first kappa shape index (κ1) is 35.1. The third-order valence-corrected chi connectivity index (χ3v) is 3.44. The van der Waals surface area contributed by atoms with Gasteiger partial charge in [-0.05, 0) is 26.7 Å². The molecular weight excluding hydrogens is 418 g/mol. The Kier molecular flexibility index (Phi) is 31.3. The molecule has 1 rings (SSSR count). The van der Waals surface area contributed by atoms with Crippen molar-refractivity contribution in [1.82, 2.24) is 4.98 Å². The Bertz CT molecular complexity index is 672. The maximum atomic E-state index is 10.3. The van der Waals surface area contributed by atoms with Gasteiger partial charge in [-0.3, -0.25) is 0 Å². The lowest BCUT2D eigenvalue weighted by Gasteiger charge is -2.00. The Morgan fingerprint density at radius 3 is 2.42 bits per heavy atom. The van der Waals surface area contributed by atoms with Crippen LogP contribution in [0.2, 0.25) is 0 Å². The van der Waals surface area contributed by atoms with Crippen molar-refractivity contribution in [2.45, 2.75) is 47.5 Å². The highest BCUT2D eigenvalue weighted by molar-refractivity contribution is 5.66. The van der Waals surface area contributed by atoms with Gasteiger partial charge in [-0.15, -0.1) is 0 Å². The molecule has 0 saturated carbocycles. The standard InChI is InChI=1S/C13H22O3.C11H13NO.C2H6.CH4O/c1-13(12-14)8-5-3-4-6-10-16-11-7-9-15-2;1-4-5-6-7-9(2)11-12-8-10(3)13-11;2*1-2/h3-5,8,12-13H,6-7,9-11H2,1-2H3;4-8H,2H2,1,3H3;1-2H3;2H,1H3/b4-3-,8-5-;5-4-,7-6-;;. The molecule has 188 valence electrons. The molecule has 1 N–H and O–H groups in total. The second-order valence-electron chi connectivity index (χ2n) is 6.24. The van der Waals surface area contributed by atoms with Gasteiger partial charge in [0.1, 0.15) is 12.0 Å². The smallest absolute Gasteiger partial charge is 0.225 e. The second kappa shape index (κ2) is 29.5. The average molecular weight is 464 g/mol. The highest BCUT2D eigenvalue weighted by Gasteiger charge is 2.00. The van der Waals surface area contributed by atoms with E-state index in [9.17, 15) is 4.79 Å². The SMILES string of the molecule is C=C(/C=C\C=C/C)c1ncc(C)o1.CC.CO.COCCCOCC/C=C\C=C/C(C)C=O. The van der Waals surface area contributed by atoms with Gasteiger partial charge in [-0.2, -0.15) is 0 Å². The molecule has 0 aliphatic heterocycles. The number of ether oxygens (including phenoxy) is 2. The van der Waals surface area contributed by atoms with E-state index in [1.807, 2.05) is 83.2 Å². The largest absolute Gasteiger partial charge is 0.442 e. The van der Waals surface area contributed by atoms with Gasteiger partial charge < -0.3 is 23.8 Å². The third kappa shape index (κ3) is 25.6. The molecule has 0 radical (unpaired) electrons. The van der Waals surface area contributed by atoms with Crippen molar-refractivity contribution >= 4 is 11.9 Å². The average Bonchev–Trinajstić information content (AvgIpc) is 3.29. The maximum absolute atomic E-state index is 10.3. The number of oxazole rings is 1. The van der Waals surface area contributed by atoms with Gasteiger partial charge in [-0.25, -0.2) is 4.98 Å². The van der Waals surface area contributed by atoms with Crippen LogP contribution in [-0.2, 0) is 14.3 Å². The van der Waals surface area contributed by atoms with Crippen LogP contribution in [0.25, 0.3) is 5.57 Å². The summed E-state index contributed by atoms with van der Waals surface area (Å²) in [4.78, 5) is 14.3. The second-order valence-corrected chi connectivity index (χ2v) is 6.24. The zero-order valence-corrected chi connectivity index (χ0v) is 21.6. The van der Waals surface area contributed by atoms with Crippen LogP contribution in [0.3, 0.4) is 0 Å². The van der Waals surface area contributed by atoms with Crippen LogP contribution in [-0.4, -0.2) is 50.4 Å². The fourth-order valence-corrected chi connectivity index (χ4v) is 1.88. The minimum Gasteiger partial charge on any atom is -0.442 e. The maximum Gasteiger partial charge on any atom is 0.225 e. The summed E-state index contributed by atoms with van der Waals surface area (Å²) in [6.07, 6.45) is 19.8. The fraction of sp³-hybridized carbons (Fsp3) is 0.481. The number of carbonyl (C=O) groups is 1. The van der Waals surface area contributed by atoms with E-state index in [1.54, 1.807) is 13.3 Å². The Hall–Kier alpha value is -2.54. The van der Waals surface area contributed by atoms with E-state index in [0.717, 1.165) is 57.4 Å². The monoisotopic (exact) mass is 463 g/mol. The lowest BCUT2D eigenvalue weighted by molar-refractivity contribution is -0.109. The minimum absolute atomic E-state index is 0.00468. The number of aromatic nitrogens is 1. The van der Waals surface area contributed by atoms with E-state index >= 15 is 0 Å². The highest BCUT2D eigenvalue weighted by Crippen LogP contribution is 2.12. The summed E-state index contributed by atoms with van der Waals surface area (Å²) in [5, 5.41) is 7.00. The van der Waals surface area contributed by atoms with Crippen LogP contribution in [0.1, 0.15) is 52.2 Å². The summed E-state index contributed by atoms with van der Waals surface area (Å²) in [7, 11) is 2.69. The number of allylic oxidation sites excluding steroid dienone is 8. The van der Waals surface area contributed by atoms with E-state index in [4.69, 9.17) is 19.0 Å². The molecular formula is C27H45NO5. The molecule has 0 aromatic carbocycles. The van der Waals surface area contributed by atoms with Crippen LogP contribution in [0.15, 0.2) is 65.8 Å². The van der Waals surface area contributed by atoms with Gasteiger partial charge >= 0.3 is 0 Å². The Labute approximate surface area is 201 Å². The number of hydrogen-bond donors (Lipinski definition) is 1. The fourth-order valence-electron chi connectivity index (χ4n) is 1.88. The molecule has 1 unspecified atom stereocenters. The number of aldehydes is 1. The van der Waals surface area contributed by atoms with Crippen LogP contribution in [0.5, 0.6) is 0 Å². The molecule has 6 heteroatoms. The van der Waals surface area contributed by atoms with Crippen molar-refractivity contribution in [3.63, 3.8) is 0 Å². The van der Waals surface area contributed by atoms with E-state index < -0.39 is 0 Å². The summed E-state index contributed by atoms with van der Waals surface area (Å²) in [5.74, 6) is 1.38. The summed E-state index contributed by atoms with van der Waals surface area (Å²) >= 11 is 0. The lowest BCUT2D eigenvalue weighted by Crippen LogP contribution is -1.99. The zero-order valence-electron chi connectivity index (χ0n) is 21.6. The molecule has 0 aliphatic carbocycles. The van der Waals surface area contributed by atoms with Crippen molar-refractivity contribution in [1.29, 1.82) is 0 Å². The number of carbonyl (C=O) groups excluding carboxylic acids is 1. The molecule has 0 fully saturated rings. The third-order valence-electron chi connectivity index (χ3n) is 3.44. The van der Waals surface area contributed by atoms with Crippen molar-refractivity contribution in [2.75, 3.05) is 34.0 Å². The number of methoxy groups -OCH3 is 1. The van der Waals surface area contributed by atoms with E-state index in [-0.39, 0.29) is 5.92 Å². The van der Waals surface area contributed by atoms with E-state index in [2.05, 4.69) is 11.6 Å². The number of aliphatic hydroxyl groups excluding tert-OH is 1. The van der Waals surface area contributed by atoms with E-state index in [1.165, 1.54) is 0 Å². The first-order chi connectivity index (χ1) is 16.0. The molecule has 0 amide bonds. The number of hydrogen-bond acceptors (Lipinski definition) is 6. The van der Waals surface area contributed by atoms with Crippen molar-refractivity contribution in [3.8, 4) is 0 Å². The van der Waals surface area contributed by atoms with E-state index in [0.29, 0.717) is 5.89 Å². The van der Waals surface area contributed by atoms with Crippen LogP contribution in [0.4, 0.5) is 0 Å². The van der Waals surface area contributed by atoms with Crippen LogP contribution >= 0.6 is 0 Å². The Balaban J connectivity index is -0.000000479. The molecule has 1 heterocycles. The van der Waals surface area contributed by atoms with Gasteiger partial charge in [-0.1, -0.05) is 76.0 Å². The normalized spacial score (nSPS) is 11.5. The predicted molar refractivity (Wildman–Crippen MR) is 139 cm³/mol. The number of rotatable bonds is 13. The summed E-state index contributed by atoms with van der Waals surface area (Å²) in [6.45, 7) is 15.7. The molecule has 0 spiro atoms. The molecule has 1 atom stereocenters. The molecule has 0 aliphatic rings. The van der Waals surface area contributed by atoms with Gasteiger partial charge in [0, 0.05) is 38.9 Å². The molecule has 33 heavy (non-hydrogen) atoms. The number of aryl methyl sites for hydroxylation is 1. The van der Waals surface area contributed by atoms with Gasteiger partial charge in [0.2, 0.25) is 5.89 Å². The molecule has 0 saturated heterocycles. The molecule has 0 bridgehead atoms. The number of nitrogens with zero attached hydrogens (tertiary/aromatic N) is 1. The van der Waals surface area contributed by atoms with Gasteiger partial charge in [0.05, 0.1) is 12.8 Å². The van der Waals surface area contributed by atoms with Gasteiger partial charge in [0.15, 0.2) is 0 Å². The van der Waals surface area contributed by atoms with Crippen molar-refractivity contribution in [2.24, 2.45) is 5.92 Å². The quantitative estimate of drug-likeness (QED) is 0.215. The van der Waals surface area contributed by atoms with Crippen molar-refractivity contribution in [3.05, 3.63) is 73.0 Å². The van der Waals surface area contributed by atoms with Crippen LogP contribution in [0, 0.1) is 12.8 Å². The molecule has 1 aromatic heterocycles. The first-order valence-corrected chi connectivity index (χ1v) is 11.3. The van der Waals surface area contributed by atoms with Crippen molar-refractivity contribution < 1.29 is 23.8 Å².